The average molecular weight is 197 g/mol. The summed E-state index contributed by atoms with van der Waals surface area (Å²) >= 11 is 1.44. The first-order valence-corrected chi connectivity index (χ1v) is 5.95. The molecule has 1 amide bonds. The molecule has 0 aromatic carbocycles. The zero-order chi connectivity index (χ0) is 9.26. The molecule has 2 rings (SSSR count). The lowest BCUT2D eigenvalue weighted by Gasteiger charge is -2.25. The van der Waals surface area contributed by atoms with E-state index >= 15 is 0 Å². The lowest BCUT2D eigenvalue weighted by Crippen LogP contribution is -2.24. The summed E-state index contributed by atoms with van der Waals surface area (Å²) in [6, 6.07) is 0. The Balaban J connectivity index is 1.96. The van der Waals surface area contributed by atoms with Gasteiger partial charge < -0.3 is 0 Å². The van der Waals surface area contributed by atoms with Crippen LogP contribution in [0.1, 0.15) is 39.0 Å². The zero-order valence-electron chi connectivity index (χ0n) is 7.95. The molecule has 1 aliphatic heterocycles. The Bertz CT molecular complexity index is 249. The molecule has 0 aromatic rings. The lowest BCUT2D eigenvalue weighted by molar-refractivity contribution is 0.268. The van der Waals surface area contributed by atoms with Crippen molar-refractivity contribution in [2.75, 3.05) is 0 Å². The molecule has 0 bridgehead atoms. The fraction of sp³-hybridized carbons (Fsp3) is 0.800. The molecule has 2 aliphatic rings. The molecule has 2 atom stereocenters. The topological polar surface area (TPSA) is 29.4 Å². The van der Waals surface area contributed by atoms with Crippen molar-refractivity contribution in [1.82, 2.24) is 0 Å². The number of fused-ring (bicyclic) bond motifs is 1. The van der Waals surface area contributed by atoms with E-state index in [4.69, 9.17) is 0 Å². The number of carbonyl (C=O) groups is 1. The van der Waals surface area contributed by atoms with Crippen LogP contribution in [0.15, 0.2) is 4.99 Å². The fourth-order valence-corrected chi connectivity index (χ4v) is 3.34. The van der Waals surface area contributed by atoms with E-state index in [1.54, 1.807) is 0 Å². The molecule has 1 saturated carbocycles. The highest BCUT2D eigenvalue weighted by Crippen LogP contribution is 2.37. The monoisotopic (exact) mass is 197 g/mol. The van der Waals surface area contributed by atoms with Crippen molar-refractivity contribution in [3.05, 3.63) is 0 Å². The second-order valence-corrected chi connectivity index (χ2v) is 5.06. The van der Waals surface area contributed by atoms with Crippen molar-refractivity contribution in [3.8, 4) is 0 Å². The van der Waals surface area contributed by atoms with E-state index in [1.807, 2.05) is 0 Å². The van der Waals surface area contributed by atoms with E-state index in [0.29, 0.717) is 5.25 Å². The van der Waals surface area contributed by atoms with Gasteiger partial charge >= 0.3 is 5.24 Å². The summed E-state index contributed by atoms with van der Waals surface area (Å²) in [5.41, 5.74) is 1.17. The summed E-state index contributed by atoms with van der Waals surface area (Å²) in [5, 5.41) is 0.481. The van der Waals surface area contributed by atoms with Gasteiger partial charge in [-0.1, -0.05) is 31.5 Å². The lowest BCUT2D eigenvalue weighted by atomic mass is 9.85. The molecule has 1 heterocycles. The molecule has 0 N–H and O–H groups in total. The molecular formula is C10H15NOS. The van der Waals surface area contributed by atoms with Crippen LogP contribution >= 0.6 is 11.8 Å². The molecule has 0 aromatic heterocycles. The third-order valence-electron chi connectivity index (χ3n) is 2.90. The van der Waals surface area contributed by atoms with Crippen molar-refractivity contribution in [2.24, 2.45) is 10.9 Å². The predicted octanol–water partition coefficient (Wildman–Crippen LogP) is 3.26. The standard InChI is InChI=1S/C10H15NOS/c1-2-3-7-4-5-8-9(6-7)13-10(12)11-8/h7,9H,2-6H2,1H3. The number of amides is 1. The largest absolute Gasteiger partial charge is 0.305 e. The minimum Gasteiger partial charge on any atom is -0.259 e. The number of hydrogen-bond acceptors (Lipinski definition) is 2. The van der Waals surface area contributed by atoms with Crippen LogP contribution in [0.25, 0.3) is 0 Å². The quantitative estimate of drug-likeness (QED) is 0.680. The third kappa shape index (κ3) is 1.96. The molecule has 72 valence electrons. The molecule has 0 saturated heterocycles. The molecular weight excluding hydrogens is 182 g/mol. The SMILES string of the molecule is CCCC1CCC2=NC(=O)SC2C1. The van der Waals surface area contributed by atoms with Gasteiger partial charge in [0, 0.05) is 5.71 Å². The summed E-state index contributed by atoms with van der Waals surface area (Å²) in [6.45, 7) is 2.23. The van der Waals surface area contributed by atoms with E-state index in [1.165, 1.54) is 43.2 Å². The van der Waals surface area contributed by atoms with Crippen LogP contribution in [-0.4, -0.2) is 16.2 Å². The van der Waals surface area contributed by atoms with Crippen LogP contribution in [0, 0.1) is 5.92 Å². The van der Waals surface area contributed by atoms with Crippen LogP contribution in [-0.2, 0) is 0 Å². The predicted molar refractivity (Wildman–Crippen MR) is 56.5 cm³/mol. The second-order valence-electron chi connectivity index (χ2n) is 3.90. The first-order valence-electron chi connectivity index (χ1n) is 5.07. The minimum absolute atomic E-state index is 0.0390. The molecule has 1 aliphatic carbocycles. The van der Waals surface area contributed by atoms with Gasteiger partial charge in [0.15, 0.2) is 0 Å². The number of rotatable bonds is 2. The number of nitrogens with zero attached hydrogens (tertiary/aromatic N) is 1. The Morgan fingerprint density at radius 3 is 3.23 bits per heavy atom. The highest BCUT2D eigenvalue weighted by Gasteiger charge is 2.33. The van der Waals surface area contributed by atoms with Crippen molar-refractivity contribution >= 4 is 22.7 Å². The average Bonchev–Trinajstić information content (AvgIpc) is 2.44. The number of aliphatic imine (C=N–C) groups is 1. The van der Waals surface area contributed by atoms with Gasteiger partial charge in [-0.05, 0) is 25.2 Å². The van der Waals surface area contributed by atoms with E-state index in [-0.39, 0.29) is 5.24 Å². The van der Waals surface area contributed by atoms with Gasteiger partial charge in [0.1, 0.15) is 0 Å². The first-order chi connectivity index (χ1) is 6.29. The number of thioether (sulfide) groups is 1. The van der Waals surface area contributed by atoms with Gasteiger partial charge in [-0.3, -0.25) is 4.79 Å². The number of carbonyl (C=O) groups excluding carboxylic acids is 1. The maximum atomic E-state index is 11.0. The maximum Gasteiger partial charge on any atom is 0.305 e. The van der Waals surface area contributed by atoms with Crippen LogP contribution in [0.3, 0.4) is 0 Å². The molecule has 2 unspecified atom stereocenters. The molecule has 0 spiro atoms. The Morgan fingerprint density at radius 1 is 1.62 bits per heavy atom. The van der Waals surface area contributed by atoms with Crippen LogP contribution < -0.4 is 0 Å². The molecule has 3 heteroatoms. The van der Waals surface area contributed by atoms with Crippen LogP contribution in [0.4, 0.5) is 4.79 Å². The van der Waals surface area contributed by atoms with Crippen molar-refractivity contribution in [1.29, 1.82) is 0 Å². The Labute approximate surface area is 83.2 Å². The van der Waals surface area contributed by atoms with Gasteiger partial charge in [0.25, 0.3) is 0 Å². The van der Waals surface area contributed by atoms with Crippen molar-refractivity contribution in [2.45, 2.75) is 44.3 Å². The maximum absolute atomic E-state index is 11.0. The van der Waals surface area contributed by atoms with Crippen LogP contribution in [0.2, 0.25) is 0 Å². The Morgan fingerprint density at radius 2 is 2.46 bits per heavy atom. The van der Waals surface area contributed by atoms with Crippen molar-refractivity contribution < 1.29 is 4.79 Å². The van der Waals surface area contributed by atoms with Gasteiger partial charge in [-0.15, -0.1) is 0 Å². The summed E-state index contributed by atoms with van der Waals surface area (Å²) < 4.78 is 0. The normalized spacial score (nSPS) is 33.0. The molecule has 2 nitrogen and oxygen atoms in total. The third-order valence-corrected chi connectivity index (χ3v) is 3.94. The van der Waals surface area contributed by atoms with E-state index in [2.05, 4.69) is 11.9 Å². The highest BCUT2D eigenvalue weighted by atomic mass is 32.2. The minimum atomic E-state index is 0.0390. The van der Waals surface area contributed by atoms with Gasteiger partial charge in [0.05, 0.1) is 5.25 Å². The van der Waals surface area contributed by atoms with Gasteiger partial charge in [0.2, 0.25) is 0 Å². The summed E-state index contributed by atoms with van der Waals surface area (Å²) in [5.74, 6) is 0.840. The first kappa shape index (κ1) is 9.25. The van der Waals surface area contributed by atoms with Crippen molar-refractivity contribution in [3.63, 3.8) is 0 Å². The Hall–Kier alpha value is -0.310. The van der Waals surface area contributed by atoms with E-state index in [9.17, 15) is 4.79 Å². The van der Waals surface area contributed by atoms with E-state index < -0.39 is 0 Å². The fourth-order valence-electron chi connectivity index (χ4n) is 2.25. The Kier molecular flexibility index (Phi) is 2.72. The molecule has 0 radical (unpaired) electrons. The smallest absolute Gasteiger partial charge is 0.259 e. The van der Waals surface area contributed by atoms with Gasteiger partial charge in [-0.25, -0.2) is 4.99 Å². The summed E-state index contributed by atoms with van der Waals surface area (Å²) in [7, 11) is 0. The van der Waals surface area contributed by atoms with E-state index in [0.717, 1.165) is 12.3 Å². The summed E-state index contributed by atoms with van der Waals surface area (Å²) in [6.07, 6.45) is 6.08. The highest BCUT2D eigenvalue weighted by molar-refractivity contribution is 8.15. The second kappa shape index (κ2) is 3.82. The van der Waals surface area contributed by atoms with Crippen LogP contribution in [0.5, 0.6) is 0 Å². The summed E-state index contributed by atoms with van der Waals surface area (Å²) in [4.78, 5) is 15.1. The zero-order valence-corrected chi connectivity index (χ0v) is 8.77. The van der Waals surface area contributed by atoms with Gasteiger partial charge in [-0.2, -0.15) is 0 Å². The number of hydrogen-bond donors (Lipinski definition) is 0. The molecule has 1 fully saturated rings. The molecule has 13 heavy (non-hydrogen) atoms.